The van der Waals surface area contributed by atoms with E-state index in [-0.39, 0.29) is 37.4 Å². The van der Waals surface area contributed by atoms with Gasteiger partial charge in [0.25, 0.3) is 5.91 Å². The second-order valence-corrected chi connectivity index (χ2v) is 15.7. The van der Waals surface area contributed by atoms with Crippen LogP contribution >= 0.6 is 0 Å². The Morgan fingerprint density at radius 2 is 1.28 bits per heavy atom. The number of amides is 3. The number of imide groups is 1. The van der Waals surface area contributed by atoms with Gasteiger partial charge >= 0.3 is 12.2 Å². The lowest BCUT2D eigenvalue weighted by atomic mass is 9.93. The smallest absolute Gasteiger partial charge is 0.417 e. The lowest BCUT2D eigenvalue weighted by molar-refractivity contribution is -0.701. The number of nitrogens with one attached hydrogen (secondary N) is 1. The molecule has 1 saturated heterocycles. The minimum atomic E-state index is -0.727. The van der Waals surface area contributed by atoms with E-state index in [2.05, 4.69) is 29.3 Å². The van der Waals surface area contributed by atoms with Crippen molar-refractivity contribution in [3.8, 4) is 5.75 Å². The first-order valence-corrected chi connectivity index (χ1v) is 22.2. The third-order valence-corrected chi connectivity index (χ3v) is 11.3. The molecule has 1 aliphatic rings. The first kappa shape index (κ1) is 46.3. The normalized spacial score (nSPS) is 15.0. The van der Waals surface area contributed by atoms with Crippen LogP contribution in [0.5, 0.6) is 5.75 Å². The topological polar surface area (TPSA) is 101 Å². The van der Waals surface area contributed by atoms with Crippen molar-refractivity contribution in [2.24, 2.45) is 0 Å². The van der Waals surface area contributed by atoms with Crippen LogP contribution in [0.1, 0.15) is 145 Å². The van der Waals surface area contributed by atoms with Gasteiger partial charge in [0.2, 0.25) is 5.69 Å². The van der Waals surface area contributed by atoms with Crippen LogP contribution in [0.4, 0.5) is 9.59 Å². The Balaban J connectivity index is 1.18. The van der Waals surface area contributed by atoms with Gasteiger partial charge in [-0.3, -0.25) is 9.69 Å². The molecule has 0 bridgehead atoms. The lowest BCUT2D eigenvalue weighted by Gasteiger charge is -2.48. The van der Waals surface area contributed by atoms with Crippen LogP contribution in [0.15, 0.2) is 79.0 Å². The molecule has 0 saturated carbocycles. The quantitative estimate of drug-likeness (QED) is 0.0576. The van der Waals surface area contributed by atoms with Crippen molar-refractivity contribution in [2.75, 3.05) is 26.9 Å². The van der Waals surface area contributed by atoms with Crippen LogP contribution in [0.25, 0.3) is 0 Å². The molecule has 0 spiro atoms. The predicted molar refractivity (Wildman–Crippen MR) is 230 cm³/mol. The number of hydrogen-bond acceptors (Lipinski definition) is 7. The van der Waals surface area contributed by atoms with Crippen molar-refractivity contribution in [3.63, 3.8) is 0 Å². The highest BCUT2D eigenvalue weighted by Gasteiger charge is 2.40. The Hall–Kier alpha value is -4.44. The molecule has 58 heavy (non-hydrogen) atoms. The average Bonchev–Trinajstić information content (AvgIpc) is 3.25. The molecule has 0 aliphatic carbocycles. The summed E-state index contributed by atoms with van der Waals surface area (Å²) in [6, 6.07) is 22.5. The van der Waals surface area contributed by atoms with Crippen LogP contribution in [-0.4, -0.2) is 66.8 Å². The molecule has 1 N–H and O–H groups in total. The van der Waals surface area contributed by atoms with Crippen LogP contribution in [0, 0.1) is 0 Å². The van der Waals surface area contributed by atoms with Crippen LogP contribution < -0.4 is 14.6 Å². The van der Waals surface area contributed by atoms with Gasteiger partial charge in [0, 0.05) is 37.3 Å². The van der Waals surface area contributed by atoms with Gasteiger partial charge in [-0.2, -0.15) is 0 Å². The van der Waals surface area contributed by atoms with Crippen molar-refractivity contribution in [1.29, 1.82) is 0 Å². The van der Waals surface area contributed by atoms with Gasteiger partial charge in [-0.15, -0.1) is 0 Å². The first-order valence-electron chi connectivity index (χ1n) is 22.2. The van der Waals surface area contributed by atoms with E-state index in [9.17, 15) is 14.4 Å². The van der Waals surface area contributed by atoms with Crippen molar-refractivity contribution in [3.05, 3.63) is 95.8 Å². The van der Waals surface area contributed by atoms with Crippen molar-refractivity contribution in [2.45, 2.75) is 155 Å². The number of unbranched alkanes of at least 4 members (excludes halogenated alkanes) is 15. The number of aromatic nitrogens is 1. The SMILES string of the molecule is CCCCCCCCCCCCCCCCCCNC(=O)OCC1CC(COC(=O)N(Cc2cccc[n+]2CC)C(=O)c2ccccc2OC)N1Cc1ccccc1. The van der Waals surface area contributed by atoms with Gasteiger partial charge in [0.05, 0.1) is 12.7 Å². The van der Waals surface area contributed by atoms with E-state index >= 15 is 0 Å². The predicted octanol–water partition coefficient (Wildman–Crippen LogP) is 10.4. The van der Waals surface area contributed by atoms with E-state index in [1.54, 1.807) is 24.3 Å². The number of carbonyl (C=O) groups excluding carboxylic acids is 3. The standard InChI is InChI=1S/C48H70N4O6/c1-4-6-7-8-9-10-11-12-13-14-15-16-17-18-19-26-33-49-47(54)57-38-42-35-43(51(42)36-40-28-21-20-22-29-40)39-58-48(55)52(37-41-30-25-27-34-50(41)5-2)46(53)44-31-23-24-32-45(44)56-3/h20-25,27-32,34,42-43H,4-19,26,33,35-39H2,1-3H3/p+1. The summed E-state index contributed by atoms with van der Waals surface area (Å²) < 4.78 is 19.0. The molecule has 2 heterocycles. The fourth-order valence-electron chi connectivity index (χ4n) is 7.77. The minimum Gasteiger partial charge on any atom is -0.496 e. The fraction of sp³-hybridized carbons (Fsp3) is 0.583. The lowest BCUT2D eigenvalue weighted by Crippen LogP contribution is -2.59. The van der Waals surface area contributed by atoms with Crippen LogP contribution in [0.3, 0.4) is 0 Å². The number of ether oxygens (including phenoxy) is 3. The average molecular weight is 800 g/mol. The molecule has 1 fully saturated rings. The van der Waals surface area contributed by atoms with E-state index in [1.807, 2.05) is 54.1 Å². The first-order chi connectivity index (χ1) is 28.4. The Labute approximate surface area is 348 Å². The highest BCUT2D eigenvalue weighted by molar-refractivity contribution is 6.04. The number of aryl methyl sites for hydroxylation is 1. The van der Waals surface area contributed by atoms with Gasteiger partial charge in [-0.25, -0.2) is 19.1 Å². The number of benzene rings is 2. The third kappa shape index (κ3) is 16.1. The molecule has 2 unspecified atom stereocenters. The molecule has 1 aromatic heterocycles. The number of methoxy groups -OCH3 is 1. The summed E-state index contributed by atoms with van der Waals surface area (Å²) in [4.78, 5) is 43.7. The van der Waals surface area contributed by atoms with E-state index in [0.717, 1.165) is 29.0 Å². The highest BCUT2D eigenvalue weighted by atomic mass is 16.6. The summed E-state index contributed by atoms with van der Waals surface area (Å²) in [6.07, 6.45) is 22.5. The van der Waals surface area contributed by atoms with Gasteiger partial charge < -0.3 is 19.5 Å². The Kier molecular flexibility index (Phi) is 21.8. The maximum Gasteiger partial charge on any atom is 0.417 e. The molecule has 10 heteroatoms. The number of hydrogen-bond donors (Lipinski definition) is 1. The maximum absolute atomic E-state index is 13.9. The van der Waals surface area contributed by atoms with Crippen LogP contribution in [-0.2, 0) is 29.1 Å². The van der Waals surface area contributed by atoms with Crippen molar-refractivity contribution < 1.29 is 33.2 Å². The number of likely N-dealkylation sites (tertiary alicyclic amines) is 1. The largest absolute Gasteiger partial charge is 0.496 e. The second kappa shape index (κ2) is 27.3. The zero-order valence-electron chi connectivity index (χ0n) is 35.7. The minimum absolute atomic E-state index is 0.0237. The van der Waals surface area contributed by atoms with E-state index in [0.29, 0.717) is 31.8 Å². The summed E-state index contributed by atoms with van der Waals surface area (Å²) in [6.45, 7) is 6.56. The Bertz CT molecular complexity index is 1620. The van der Waals surface area contributed by atoms with Crippen LogP contribution in [0.2, 0.25) is 0 Å². The summed E-state index contributed by atoms with van der Waals surface area (Å²) in [5.41, 5.74) is 2.18. The number of carbonyl (C=O) groups is 3. The summed E-state index contributed by atoms with van der Waals surface area (Å²) in [7, 11) is 1.50. The second-order valence-electron chi connectivity index (χ2n) is 15.7. The Morgan fingerprint density at radius 3 is 1.90 bits per heavy atom. The van der Waals surface area contributed by atoms with Crippen molar-refractivity contribution in [1.82, 2.24) is 15.1 Å². The molecule has 3 aromatic rings. The zero-order valence-corrected chi connectivity index (χ0v) is 35.7. The fourth-order valence-corrected chi connectivity index (χ4v) is 7.77. The molecule has 1 aliphatic heterocycles. The van der Waals surface area contributed by atoms with Gasteiger partial charge in [-0.05, 0) is 37.5 Å². The molecular weight excluding hydrogens is 729 g/mol. The highest BCUT2D eigenvalue weighted by Crippen LogP contribution is 2.29. The molecule has 4 rings (SSSR count). The summed E-state index contributed by atoms with van der Waals surface area (Å²) >= 11 is 0. The summed E-state index contributed by atoms with van der Waals surface area (Å²) in [5.74, 6) is -0.118. The molecule has 2 atom stereocenters. The van der Waals surface area contributed by atoms with Gasteiger partial charge in [0.15, 0.2) is 6.20 Å². The number of pyridine rings is 1. The molecule has 3 amide bonds. The summed E-state index contributed by atoms with van der Waals surface area (Å²) in [5, 5.41) is 2.93. The number of rotatable bonds is 28. The monoisotopic (exact) mass is 800 g/mol. The molecule has 0 radical (unpaired) electrons. The van der Waals surface area contributed by atoms with E-state index in [4.69, 9.17) is 14.2 Å². The van der Waals surface area contributed by atoms with Gasteiger partial charge in [-0.1, -0.05) is 152 Å². The number of para-hydroxylation sites is 1. The number of alkyl carbamates (subject to hydrolysis) is 1. The molecule has 318 valence electrons. The van der Waals surface area contributed by atoms with E-state index in [1.165, 1.54) is 97.0 Å². The van der Waals surface area contributed by atoms with Crippen molar-refractivity contribution >= 4 is 18.1 Å². The third-order valence-electron chi connectivity index (χ3n) is 11.3. The van der Waals surface area contributed by atoms with Gasteiger partial charge in [0.1, 0.15) is 32.1 Å². The number of nitrogens with zero attached hydrogens (tertiary/aromatic N) is 3. The Morgan fingerprint density at radius 1 is 0.707 bits per heavy atom. The molecule has 2 aromatic carbocycles. The molecule has 10 nitrogen and oxygen atoms in total. The molecular formula is C48H71N4O6+. The zero-order chi connectivity index (χ0) is 41.2. The van der Waals surface area contributed by atoms with E-state index < -0.39 is 18.1 Å². The maximum atomic E-state index is 13.9.